The lowest BCUT2D eigenvalue weighted by molar-refractivity contribution is -0.125. The number of nitrogens with zero attached hydrogens (tertiary/aromatic N) is 3. The van der Waals surface area contributed by atoms with E-state index in [1.807, 2.05) is 25.7 Å². The second kappa shape index (κ2) is 6.04. The number of nitrogen functional groups attached to an aromatic ring is 1. The van der Waals surface area contributed by atoms with E-state index in [0.29, 0.717) is 31.4 Å². The third-order valence-corrected chi connectivity index (χ3v) is 3.23. The normalized spacial score (nSPS) is 19.2. The van der Waals surface area contributed by atoms with Gasteiger partial charge in [-0.05, 0) is 20.8 Å². The maximum Gasteiger partial charge on any atom is 0.245 e. The van der Waals surface area contributed by atoms with Crippen molar-refractivity contribution in [2.24, 2.45) is 0 Å². The van der Waals surface area contributed by atoms with Crippen molar-refractivity contribution in [3.05, 3.63) is 11.9 Å². The smallest absolute Gasteiger partial charge is 0.245 e. The maximum absolute atomic E-state index is 12.3. The number of nitrogens with one attached hydrogen (secondary N) is 1. The van der Waals surface area contributed by atoms with E-state index >= 15 is 0 Å². The molecule has 7 nitrogen and oxygen atoms in total. The summed E-state index contributed by atoms with van der Waals surface area (Å²) < 4.78 is 5.43. The molecule has 1 saturated heterocycles. The zero-order valence-electron chi connectivity index (χ0n) is 12.1. The number of nitrogens with two attached hydrogens (primary N) is 1. The van der Waals surface area contributed by atoms with Gasteiger partial charge in [-0.15, -0.1) is 0 Å². The van der Waals surface area contributed by atoms with Crippen LogP contribution in [-0.2, 0) is 9.53 Å². The van der Waals surface area contributed by atoms with E-state index in [2.05, 4.69) is 15.3 Å². The van der Waals surface area contributed by atoms with Gasteiger partial charge in [-0.2, -0.15) is 0 Å². The van der Waals surface area contributed by atoms with Crippen molar-refractivity contribution in [3.8, 4) is 0 Å². The molecule has 1 aromatic heterocycles. The van der Waals surface area contributed by atoms with Crippen LogP contribution in [0.25, 0.3) is 0 Å². The Morgan fingerprint density at radius 1 is 1.55 bits per heavy atom. The van der Waals surface area contributed by atoms with E-state index in [4.69, 9.17) is 10.5 Å². The summed E-state index contributed by atoms with van der Waals surface area (Å²) in [6.45, 7) is 7.24. The summed E-state index contributed by atoms with van der Waals surface area (Å²) in [5.41, 5.74) is 6.61. The molecule has 1 fully saturated rings. The molecule has 110 valence electrons. The van der Waals surface area contributed by atoms with Gasteiger partial charge in [0, 0.05) is 18.2 Å². The van der Waals surface area contributed by atoms with Crippen LogP contribution in [0.15, 0.2) is 6.33 Å². The van der Waals surface area contributed by atoms with Crippen LogP contribution in [0, 0.1) is 6.92 Å². The molecule has 20 heavy (non-hydrogen) atoms. The first-order chi connectivity index (χ1) is 9.50. The second-order valence-corrected chi connectivity index (χ2v) is 5.15. The highest BCUT2D eigenvalue weighted by Gasteiger charge is 2.31. The van der Waals surface area contributed by atoms with Crippen molar-refractivity contribution in [1.82, 2.24) is 15.3 Å². The van der Waals surface area contributed by atoms with Crippen LogP contribution in [0.3, 0.4) is 0 Å². The molecular formula is C13H21N5O2. The third kappa shape index (κ3) is 2.98. The summed E-state index contributed by atoms with van der Waals surface area (Å²) in [4.78, 5) is 22.5. The minimum absolute atomic E-state index is 0.0590. The molecule has 0 aromatic carbocycles. The summed E-state index contributed by atoms with van der Waals surface area (Å²) in [5.74, 6) is 1.07. The van der Waals surface area contributed by atoms with Crippen LogP contribution in [0.5, 0.6) is 0 Å². The van der Waals surface area contributed by atoms with E-state index in [9.17, 15) is 4.79 Å². The number of carbonyl (C=O) groups is 1. The number of hydrogen-bond acceptors (Lipinski definition) is 6. The summed E-state index contributed by atoms with van der Waals surface area (Å²) >= 11 is 0. The third-order valence-electron chi connectivity index (χ3n) is 3.23. The fourth-order valence-corrected chi connectivity index (χ4v) is 2.20. The Morgan fingerprint density at radius 2 is 2.30 bits per heavy atom. The Kier molecular flexibility index (Phi) is 4.39. The first-order valence-electron chi connectivity index (χ1n) is 6.72. The van der Waals surface area contributed by atoms with Gasteiger partial charge in [-0.1, -0.05) is 0 Å². The second-order valence-electron chi connectivity index (χ2n) is 5.15. The first kappa shape index (κ1) is 14.5. The van der Waals surface area contributed by atoms with E-state index in [0.717, 1.165) is 5.56 Å². The molecule has 0 spiro atoms. The lowest BCUT2D eigenvalue weighted by atomic mass is 10.1. The summed E-state index contributed by atoms with van der Waals surface area (Å²) in [7, 11) is 0. The van der Waals surface area contributed by atoms with Crippen molar-refractivity contribution in [3.63, 3.8) is 0 Å². The molecule has 3 N–H and O–H groups in total. The van der Waals surface area contributed by atoms with E-state index in [-0.39, 0.29) is 18.0 Å². The highest BCUT2D eigenvalue weighted by Crippen LogP contribution is 2.23. The van der Waals surface area contributed by atoms with Crippen LogP contribution in [0.1, 0.15) is 19.4 Å². The Balaban J connectivity index is 2.27. The maximum atomic E-state index is 12.3. The van der Waals surface area contributed by atoms with Crippen LogP contribution in [0.2, 0.25) is 0 Å². The molecule has 1 aromatic rings. The summed E-state index contributed by atoms with van der Waals surface area (Å²) in [5, 5.41) is 2.91. The molecule has 1 amide bonds. The number of hydrogen-bond donors (Lipinski definition) is 2. The van der Waals surface area contributed by atoms with Gasteiger partial charge in [-0.3, -0.25) is 4.79 Å². The van der Waals surface area contributed by atoms with Crippen molar-refractivity contribution in [1.29, 1.82) is 0 Å². The first-order valence-corrected chi connectivity index (χ1v) is 6.72. The zero-order chi connectivity index (χ0) is 14.7. The fourth-order valence-electron chi connectivity index (χ4n) is 2.20. The van der Waals surface area contributed by atoms with E-state index in [1.165, 1.54) is 6.33 Å². The van der Waals surface area contributed by atoms with Crippen LogP contribution < -0.4 is 16.0 Å². The topological polar surface area (TPSA) is 93.4 Å². The summed E-state index contributed by atoms with van der Waals surface area (Å²) in [6, 6.07) is -0.304. The van der Waals surface area contributed by atoms with Crippen molar-refractivity contribution in [2.75, 3.05) is 30.4 Å². The SMILES string of the molecule is Cc1c(N)ncnc1N1CCOCC1C(=O)NC(C)C. The average Bonchev–Trinajstić information content (AvgIpc) is 2.41. The largest absolute Gasteiger partial charge is 0.383 e. The monoisotopic (exact) mass is 279 g/mol. The quantitative estimate of drug-likeness (QED) is 0.815. The lowest BCUT2D eigenvalue weighted by Gasteiger charge is -2.36. The number of carbonyl (C=O) groups excluding carboxylic acids is 1. The van der Waals surface area contributed by atoms with Crippen LogP contribution in [-0.4, -0.2) is 47.7 Å². The number of rotatable bonds is 3. The fraction of sp³-hybridized carbons (Fsp3) is 0.615. The lowest BCUT2D eigenvalue weighted by Crippen LogP contribution is -2.55. The molecule has 7 heteroatoms. The predicted octanol–water partition coefficient (Wildman–Crippen LogP) is 0.0970. The molecule has 2 heterocycles. The molecule has 0 aliphatic carbocycles. The van der Waals surface area contributed by atoms with Gasteiger partial charge >= 0.3 is 0 Å². The Bertz CT molecular complexity index is 492. The predicted molar refractivity (Wildman–Crippen MR) is 76.4 cm³/mol. The Hall–Kier alpha value is -1.89. The molecule has 1 unspecified atom stereocenters. The van der Waals surface area contributed by atoms with Crippen molar-refractivity contribution < 1.29 is 9.53 Å². The van der Waals surface area contributed by atoms with Crippen molar-refractivity contribution >= 4 is 17.5 Å². The Labute approximate surface area is 118 Å². The summed E-state index contributed by atoms with van der Waals surface area (Å²) in [6.07, 6.45) is 1.42. The highest BCUT2D eigenvalue weighted by atomic mass is 16.5. The van der Waals surface area contributed by atoms with E-state index < -0.39 is 0 Å². The Morgan fingerprint density at radius 3 is 3.00 bits per heavy atom. The number of anilines is 2. The zero-order valence-corrected chi connectivity index (χ0v) is 12.1. The van der Waals surface area contributed by atoms with Gasteiger partial charge in [0.15, 0.2) is 0 Å². The standard InChI is InChI=1S/C13H21N5O2/c1-8(2)17-13(19)10-6-20-5-4-18(10)12-9(3)11(14)15-7-16-12/h7-8,10H,4-6H2,1-3H3,(H,17,19)(H2,14,15,16). The van der Waals surface area contributed by atoms with Gasteiger partial charge in [0.25, 0.3) is 0 Å². The molecule has 1 aliphatic heterocycles. The molecule has 0 bridgehead atoms. The van der Waals surface area contributed by atoms with E-state index in [1.54, 1.807) is 0 Å². The van der Waals surface area contributed by atoms with Crippen LogP contribution in [0.4, 0.5) is 11.6 Å². The average molecular weight is 279 g/mol. The molecule has 0 radical (unpaired) electrons. The van der Waals surface area contributed by atoms with Gasteiger partial charge in [0.05, 0.1) is 13.2 Å². The molecule has 0 saturated carbocycles. The number of ether oxygens (including phenoxy) is 1. The van der Waals surface area contributed by atoms with Gasteiger partial charge < -0.3 is 20.7 Å². The number of amides is 1. The van der Waals surface area contributed by atoms with Gasteiger partial charge in [0.1, 0.15) is 24.0 Å². The molecule has 1 aliphatic rings. The van der Waals surface area contributed by atoms with Gasteiger partial charge in [-0.25, -0.2) is 9.97 Å². The van der Waals surface area contributed by atoms with Crippen molar-refractivity contribution in [2.45, 2.75) is 32.9 Å². The molecule has 2 rings (SSSR count). The molecule has 1 atom stereocenters. The highest BCUT2D eigenvalue weighted by molar-refractivity contribution is 5.86. The minimum atomic E-state index is -0.390. The molecular weight excluding hydrogens is 258 g/mol. The van der Waals surface area contributed by atoms with Crippen LogP contribution >= 0.6 is 0 Å². The number of aromatic nitrogens is 2. The van der Waals surface area contributed by atoms with Gasteiger partial charge in [0.2, 0.25) is 5.91 Å². The number of morpholine rings is 1. The minimum Gasteiger partial charge on any atom is -0.383 e.